The predicted octanol–water partition coefficient (Wildman–Crippen LogP) is 2.18. The number of benzene rings is 1. The fourth-order valence-corrected chi connectivity index (χ4v) is 3.58. The number of rotatable bonds is 5. The number of hydrogen-bond acceptors (Lipinski definition) is 4. The van der Waals surface area contributed by atoms with Gasteiger partial charge in [0.2, 0.25) is 0 Å². The van der Waals surface area contributed by atoms with Crippen LogP contribution in [-0.2, 0) is 6.54 Å². The lowest BCUT2D eigenvalue weighted by Gasteiger charge is -2.21. The zero-order valence-electron chi connectivity index (χ0n) is 13.8. The molecule has 0 saturated carbocycles. The van der Waals surface area contributed by atoms with Gasteiger partial charge < -0.3 is 10.2 Å². The second-order valence-electron chi connectivity index (χ2n) is 6.71. The van der Waals surface area contributed by atoms with Crippen molar-refractivity contribution >= 4 is 5.96 Å². The summed E-state index contributed by atoms with van der Waals surface area (Å²) in [5, 5.41) is 3.50. The first-order chi connectivity index (χ1) is 10.7. The standard InChI is InChI=1S/C18H28N4/c1-15-12-17(8-9-19-18-20-10-11-21(18)2)14-22(15)13-16-6-4-3-5-7-16/h3-7,15,17H,8-14H2,1-2H3,(H,19,20). The normalized spacial score (nSPS) is 25.5. The summed E-state index contributed by atoms with van der Waals surface area (Å²) in [6, 6.07) is 11.5. The summed E-state index contributed by atoms with van der Waals surface area (Å²) in [5.74, 6) is 1.88. The van der Waals surface area contributed by atoms with Crippen molar-refractivity contribution < 1.29 is 0 Å². The van der Waals surface area contributed by atoms with Gasteiger partial charge in [0.25, 0.3) is 0 Å². The van der Waals surface area contributed by atoms with Crippen molar-refractivity contribution in [2.75, 3.05) is 33.2 Å². The van der Waals surface area contributed by atoms with Crippen LogP contribution in [0.1, 0.15) is 25.3 Å². The van der Waals surface area contributed by atoms with E-state index in [1.165, 1.54) is 24.9 Å². The van der Waals surface area contributed by atoms with E-state index in [1.54, 1.807) is 0 Å². The molecule has 0 amide bonds. The quantitative estimate of drug-likeness (QED) is 0.904. The fraction of sp³-hybridized carbons (Fsp3) is 0.611. The van der Waals surface area contributed by atoms with E-state index in [-0.39, 0.29) is 0 Å². The highest BCUT2D eigenvalue weighted by Gasteiger charge is 2.28. The summed E-state index contributed by atoms with van der Waals surface area (Å²) in [4.78, 5) is 9.32. The lowest BCUT2D eigenvalue weighted by atomic mass is 10.0. The van der Waals surface area contributed by atoms with Gasteiger partial charge in [0.15, 0.2) is 5.96 Å². The Labute approximate surface area is 134 Å². The summed E-state index contributed by atoms with van der Waals surface area (Å²) in [7, 11) is 2.11. The second-order valence-corrected chi connectivity index (χ2v) is 6.71. The molecule has 2 atom stereocenters. The molecule has 1 aromatic carbocycles. The van der Waals surface area contributed by atoms with Gasteiger partial charge in [0.05, 0.1) is 6.54 Å². The van der Waals surface area contributed by atoms with Gasteiger partial charge >= 0.3 is 0 Å². The molecule has 2 heterocycles. The maximum Gasteiger partial charge on any atom is 0.193 e. The molecule has 120 valence electrons. The van der Waals surface area contributed by atoms with Crippen molar-refractivity contribution in [2.45, 2.75) is 32.4 Å². The average Bonchev–Trinajstić information content (AvgIpc) is 3.07. The summed E-state index contributed by atoms with van der Waals surface area (Å²) in [6.45, 7) is 7.70. The van der Waals surface area contributed by atoms with E-state index in [0.29, 0.717) is 6.04 Å². The number of hydrogen-bond donors (Lipinski definition) is 1. The molecular weight excluding hydrogens is 272 g/mol. The van der Waals surface area contributed by atoms with Gasteiger partial charge in [-0.2, -0.15) is 0 Å². The first kappa shape index (κ1) is 15.3. The number of guanidine groups is 1. The summed E-state index contributed by atoms with van der Waals surface area (Å²) < 4.78 is 0. The van der Waals surface area contributed by atoms with E-state index in [1.807, 2.05) is 0 Å². The van der Waals surface area contributed by atoms with E-state index >= 15 is 0 Å². The molecule has 22 heavy (non-hydrogen) atoms. The molecule has 0 spiro atoms. The van der Waals surface area contributed by atoms with Crippen LogP contribution in [0.4, 0.5) is 0 Å². The minimum absolute atomic E-state index is 0.691. The summed E-state index contributed by atoms with van der Waals surface area (Å²) >= 11 is 0. The number of likely N-dealkylation sites (tertiary alicyclic amines) is 1. The Morgan fingerprint density at radius 3 is 2.82 bits per heavy atom. The highest BCUT2D eigenvalue weighted by atomic mass is 15.3. The summed E-state index contributed by atoms with van der Waals surface area (Å²) in [5.41, 5.74) is 1.43. The maximum absolute atomic E-state index is 4.49. The molecule has 3 rings (SSSR count). The van der Waals surface area contributed by atoms with E-state index in [2.05, 4.69) is 64.4 Å². The van der Waals surface area contributed by atoms with Crippen molar-refractivity contribution in [3.8, 4) is 0 Å². The Hall–Kier alpha value is -1.55. The Kier molecular flexibility index (Phi) is 4.98. The highest BCUT2D eigenvalue weighted by molar-refractivity contribution is 5.81. The smallest absolute Gasteiger partial charge is 0.193 e. The molecule has 1 aromatic rings. The van der Waals surface area contributed by atoms with Crippen molar-refractivity contribution in [3.63, 3.8) is 0 Å². The van der Waals surface area contributed by atoms with Gasteiger partial charge in [0, 0.05) is 39.3 Å². The predicted molar refractivity (Wildman–Crippen MR) is 92.0 cm³/mol. The van der Waals surface area contributed by atoms with Crippen LogP contribution in [0.25, 0.3) is 0 Å². The van der Waals surface area contributed by atoms with E-state index in [0.717, 1.165) is 38.1 Å². The number of nitrogens with one attached hydrogen (secondary N) is 1. The van der Waals surface area contributed by atoms with Crippen molar-refractivity contribution in [3.05, 3.63) is 35.9 Å². The molecule has 0 aromatic heterocycles. The molecule has 0 aliphatic carbocycles. The minimum atomic E-state index is 0.691. The van der Waals surface area contributed by atoms with Crippen LogP contribution >= 0.6 is 0 Å². The minimum Gasteiger partial charge on any atom is -0.356 e. The maximum atomic E-state index is 4.49. The molecular formula is C18H28N4. The van der Waals surface area contributed by atoms with Crippen molar-refractivity contribution in [2.24, 2.45) is 10.9 Å². The summed E-state index contributed by atoms with van der Waals surface area (Å²) in [6.07, 6.45) is 2.55. The number of aliphatic imine (C=N–C) groups is 1. The molecule has 0 bridgehead atoms. The topological polar surface area (TPSA) is 30.9 Å². The zero-order valence-corrected chi connectivity index (χ0v) is 13.8. The molecule has 2 aliphatic rings. The van der Waals surface area contributed by atoms with Crippen LogP contribution in [-0.4, -0.2) is 55.0 Å². The number of nitrogens with zero attached hydrogens (tertiary/aromatic N) is 3. The SMILES string of the molecule is CC1CC(CCNC2=NCCN2C)CN1Cc1ccccc1. The Bertz CT molecular complexity index is 499. The lowest BCUT2D eigenvalue weighted by Crippen LogP contribution is -2.36. The van der Waals surface area contributed by atoms with Crippen LogP contribution < -0.4 is 5.32 Å². The first-order valence-corrected chi connectivity index (χ1v) is 8.50. The van der Waals surface area contributed by atoms with E-state index in [4.69, 9.17) is 0 Å². The molecule has 2 unspecified atom stereocenters. The Morgan fingerprint density at radius 2 is 2.09 bits per heavy atom. The molecule has 4 nitrogen and oxygen atoms in total. The zero-order chi connectivity index (χ0) is 15.4. The molecule has 2 aliphatic heterocycles. The third-order valence-corrected chi connectivity index (χ3v) is 4.91. The fourth-order valence-electron chi connectivity index (χ4n) is 3.58. The van der Waals surface area contributed by atoms with Crippen molar-refractivity contribution in [1.82, 2.24) is 15.1 Å². The van der Waals surface area contributed by atoms with Crippen LogP contribution in [0.2, 0.25) is 0 Å². The average molecular weight is 300 g/mol. The highest BCUT2D eigenvalue weighted by Crippen LogP contribution is 2.26. The molecule has 1 saturated heterocycles. The lowest BCUT2D eigenvalue weighted by molar-refractivity contribution is 0.254. The first-order valence-electron chi connectivity index (χ1n) is 8.50. The van der Waals surface area contributed by atoms with Crippen molar-refractivity contribution in [1.29, 1.82) is 0 Å². The Morgan fingerprint density at radius 1 is 1.27 bits per heavy atom. The van der Waals surface area contributed by atoms with Crippen LogP contribution in [0, 0.1) is 5.92 Å². The Balaban J connectivity index is 1.42. The van der Waals surface area contributed by atoms with Gasteiger partial charge in [-0.15, -0.1) is 0 Å². The van der Waals surface area contributed by atoms with Gasteiger partial charge in [-0.05, 0) is 31.2 Å². The van der Waals surface area contributed by atoms with Gasteiger partial charge in [-0.1, -0.05) is 30.3 Å². The monoisotopic (exact) mass is 300 g/mol. The second kappa shape index (κ2) is 7.14. The molecule has 0 radical (unpaired) electrons. The number of likely N-dealkylation sites (N-methyl/N-ethyl adjacent to an activating group) is 1. The van der Waals surface area contributed by atoms with Gasteiger partial charge in [-0.25, -0.2) is 0 Å². The van der Waals surface area contributed by atoms with Gasteiger partial charge in [-0.3, -0.25) is 9.89 Å². The van der Waals surface area contributed by atoms with Crippen LogP contribution in [0.3, 0.4) is 0 Å². The molecule has 4 heteroatoms. The van der Waals surface area contributed by atoms with E-state index < -0.39 is 0 Å². The largest absolute Gasteiger partial charge is 0.356 e. The third-order valence-electron chi connectivity index (χ3n) is 4.91. The molecule has 1 N–H and O–H groups in total. The van der Waals surface area contributed by atoms with Crippen LogP contribution in [0.15, 0.2) is 35.3 Å². The van der Waals surface area contributed by atoms with Crippen LogP contribution in [0.5, 0.6) is 0 Å². The van der Waals surface area contributed by atoms with E-state index in [9.17, 15) is 0 Å². The van der Waals surface area contributed by atoms with Gasteiger partial charge in [0.1, 0.15) is 0 Å². The molecule has 1 fully saturated rings. The third kappa shape index (κ3) is 3.80.